The van der Waals surface area contributed by atoms with Crippen molar-refractivity contribution in [1.82, 2.24) is 4.90 Å². The smallest absolute Gasteiger partial charge is 0.0713 e. The van der Waals surface area contributed by atoms with Gasteiger partial charge in [-0.15, -0.1) is 0 Å². The fourth-order valence-corrected chi connectivity index (χ4v) is 4.26. The first-order valence-corrected chi connectivity index (χ1v) is 8.73. The van der Waals surface area contributed by atoms with Crippen molar-refractivity contribution in [2.24, 2.45) is 0 Å². The average Bonchev–Trinajstić information content (AvgIpc) is 2.54. The molecular weight excluding hydrogens is 284 g/mol. The minimum atomic E-state index is 0.680. The Bertz CT molecular complexity index is 685. The number of anilines is 1. The zero-order valence-electron chi connectivity index (χ0n) is 14.2. The Labute approximate surface area is 138 Å². The molecule has 2 aromatic carbocycles. The molecule has 0 aliphatic carbocycles. The second-order valence-corrected chi connectivity index (χ2v) is 7.11. The highest BCUT2D eigenvalue weighted by Gasteiger charge is 2.34. The van der Waals surface area contributed by atoms with E-state index in [1.54, 1.807) is 7.11 Å². The molecule has 2 bridgehead atoms. The molecule has 2 saturated heterocycles. The second-order valence-electron chi connectivity index (χ2n) is 7.11. The number of methoxy groups -OCH3 is 1. The summed E-state index contributed by atoms with van der Waals surface area (Å²) in [6.45, 7) is 3.01. The van der Waals surface area contributed by atoms with E-state index in [1.165, 1.54) is 54.4 Å². The van der Waals surface area contributed by atoms with Crippen LogP contribution in [-0.2, 0) is 11.3 Å². The van der Waals surface area contributed by atoms with Gasteiger partial charge < -0.3 is 9.64 Å². The van der Waals surface area contributed by atoms with Crippen LogP contribution in [0.1, 0.15) is 24.8 Å². The standard InChI is InChI=1S/C20H26N2O/c1-21-19-4-3-5-20(21)13-22(12-19)18-9-8-16-10-15(14-23-2)6-7-17(16)11-18/h6-11,19-20H,3-5,12-14H2,1-2H3. The van der Waals surface area contributed by atoms with Crippen molar-refractivity contribution >= 4 is 16.5 Å². The van der Waals surface area contributed by atoms with Crippen LogP contribution in [0.3, 0.4) is 0 Å². The zero-order chi connectivity index (χ0) is 15.8. The Morgan fingerprint density at radius 2 is 1.70 bits per heavy atom. The molecule has 4 rings (SSSR count). The van der Waals surface area contributed by atoms with E-state index >= 15 is 0 Å². The predicted molar refractivity (Wildman–Crippen MR) is 96.1 cm³/mol. The fourth-order valence-electron chi connectivity index (χ4n) is 4.26. The molecule has 0 N–H and O–H groups in total. The lowest BCUT2D eigenvalue weighted by molar-refractivity contribution is 0.0951. The fraction of sp³-hybridized carbons (Fsp3) is 0.500. The Balaban J connectivity index is 1.60. The molecule has 0 amide bonds. The number of hydrogen-bond acceptors (Lipinski definition) is 3. The van der Waals surface area contributed by atoms with Crippen molar-refractivity contribution in [3.63, 3.8) is 0 Å². The number of fused-ring (bicyclic) bond motifs is 3. The Morgan fingerprint density at radius 3 is 2.43 bits per heavy atom. The largest absolute Gasteiger partial charge is 0.380 e. The van der Waals surface area contributed by atoms with Gasteiger partial charge in [0.2, 0.25) is 0 Å². The van der Waals surface area contributed by atoms with Gasteiger partial charge in [-0.2, -0.15) is 0 Å². The highest BCUT2D eigenvalue weighted by atomic mass is 16.5. The summed E-state index contributed by atoms with van der Waals surface area (Å²) in [6.07, 6.45) is 4.09. The maximum absolute atomic E-state index is 5.24. The van der Waals surface area contributed by atoms with Gasteiger partial charge in [-0.1, -0.05) is 24.6 Å². The SMILES string of the molecule is COCc1ccc2cc(N3CC4CCCC(C3)N4C)ccc2c1. The van der Waals surface area contributed by atoms with Crippen molar-refractivity contribution in [3.05, 3.63) is 42.0 Å². The van der Waals surface area contributed by atoms with Crippen molar-refractivity contribution in [2.75, 3.05) is 32.1 Å². The molecule has 2 aliphatic heterocycles. The van der Waals surface area contributed by atoms with Gasteiger partial charge in [0.05, 0.1) is 6.61 Å². The summed E-state index contributed by atoms with van der Waals surface area (Å²) in [5, 5.41) is 2.63. The molecule has 23 heavy (non-hydrogen) atoms. The monoisotopic (exact) mass is 310 g/mol. The van der Waals surface area contributed by atoms with E-state index in [-0.39, 0.29) is 0 Å². The molecule has 122 valence electrons. The third kappa shape index (κ3) is 2.84. The number of piperidine rings is 1. The van der Waals surface area contributed by atoms with Gasteiger partial charge in [0, 0.05) is 38.0 Å². The first-order chi connectivity index (χ1) is 11.2. The van der Waals surface area contributed by atoms with E-state index in [2.05, 4.69) is 53.2 Å². The van der Waals surface area contributed by atoms with E-state index in [4.69, 9.17) is 4.74 Å². The maximum atomic E-state index is 5.24. The van der Waals surface area contributed by atoms with Crippen molar-refractivity contribution in [1.29, 1.82) is 0 Å². The van der Waals surface area contributed by atoms with E-state index in [9.17, 15) is 0 Å². The minimum absolute atomic E-state index is 0.680. The van der Waals surface area contributed by atoms with Crippen LogP contribution < -0.4 is 4.90 Å². The van der Waals surface area contributed by atoms with Crippen LogP contribution in [0.15, 0.2) is 36.4 Å². The minimum Gasteiger partial charge on any atom is -0.380 e. The van der Waals surface area contributed by atoms with Crippen LogP contribution >= 0.6 is 0 Å². The number of rotatable bonds is 3. The first kappa shape index (κ1) is 15.0. The van der Waals surface area contributed by atoms with E-state index in [0.717, 1.165) is 12.1 Å². The number of nitrogens with zero attached hydrogens (tertiary/aromatic N) is 2. The molecule has 2 aliphatic rings. The third-order valence-corrected chi connectivity index (χ3v) is 5.65. The molecule has 2 atom stereocenters. The van der Waals surface area contributed by atoms with Crippen molar-refractivity contribution in [3.8, 4) is 0 Å². The van der Waals surface area contributed by atoms with E-state index in [0.29, 0.717) is 6.61 Å². The molecule has 2 fully saturated rings. The number of benzene rings is 2. The summed E-state index contributed by atoms with van der Waals surface area (Å²) in [4.78, 5) is 5.20. The molecule has 3 heteroatoms. The summed E-state index contributed by atoms with van der Waals surface area (Å²) in [5.74, 6) is 0. The molecular formula is C20H26N2O. The van der Waals surface area contributed by atoms with Gasteiger partial charge in [-0.25, -0.2) is 0 Å². The van der Waals surface area contributed by atoms with Crippen LogP contribution in [0, 0.1) is 0 Å². The Hall–Kier alpha value is -1.58. The molecule has 3 nitrogen and oxygen atoms in total. The summed E-state index contributed by atoms with van der Waals surface area (Å²) in [5.41, 5.74) is 2.61. The molecule has 0 radical (unpaired) electrons. The normalized spacial score (nSPS) is 25.0. The van der Waals surface area contributed by atoms with Crippen LogP contribution in [-0.4, -0.2) is 44.2 Å². The predicted octanol–water partition coefficient (Wildman–Crippen LogP) is 3.66. The topological polar surface area (TPSA) is 15.7 Å². The summed E-state index contributed by atoms with van der Waals surface area (Å²) in [6, 6.07) is 15.0. The van der Waals surface area contributed by atoms with Crippen LogP contribution in [0.4, 0.5) is 5.69 Å². The highest BCUT2D eigenvalue weighted by Crippen LogP contribution is 2.31. The molecule has 0 aromatic heterocycles. The Morgan fingerprint density at radius 1 is 1.00 bits per heavy atom. The summed E-state index contributed by atoms with van der Waals surface area (Å²) in [7, 11) is 4.06. The van der Waals surface area contributed by atoms with Gasteiger partial charge in [-0.05, 0) is 54.4 Å². The maximum Gasteiger partial charge on any atom is 0.0713 e. The lowest BCUT2D eigenvalue weighted by atomic mass is 9.91. The quantitative estimate of drug-likeness (QED) is 0.860. The molecule has 2 aromatic rings. The van der Waals surface area contributed by atoms with E-state index in [1.807, 2.05) is 0 Å². The first-order valence-electron chi connectivity index (χ1n) is 8.73. The third-order valence-electron chi connectivity index (χ3n) is 5.65. The van der Waals surface area contributed by atoms with Crippen LogP contribution in [0.2, 0.25) is 0 Å². The van der Waals surface area contributed by atoms with Gasteiger partial charge in [0.15, 0.2) is 0 Å². The number of hydrogen-bond donors (Lipinski definition) is 0. The second kappa shape index (κ2) is 6.14. The number of piperazine rings is 1. The molecule has 2 heterocycles. The van der Waals surface area contributed by atoms with Crippen LogP contribution in [0.25, 0.3) is 10.8 Å². The van der Waals surface area contributed by atoms with Gasteiger partial charge in [0.1, 0.15) is 0 Å². The van der Waals surface area contributed by atoms with E-state index < -0.39 is 0 Å². The lowest BCUT2D eigenvalue weighted by Gasteiger charge is -2.49. The highest BCUT2D eigenvalue weighted by molar-refractivity contribution is 5.86. The average molecular weight is 310 g/mol. The zero-order valence-corrected chi connectivity index (χ0v) is 14.2. The van der Waals surface area contributed by atoms with Gasteiger partial charge in [-0.3, -0.25) is 4.90 Å². The molecule has 0 spiro atoms. The summed E-state index contributed by atoms with van der Waals surface area (Å²) < 4.78 is 5.24. The van der Waals surface area contributed by atoms with Gasteiger partial charge in [0.25, 0.3) is 0 Å². The lowest BCUT2D eigenvalue weighted by Crippen LogP contribution is -2.59. The van der Waals surface area contributed by atoms with Crippen LogP contribution in [0.5, 0.6) is 0 Å². The van der Waals surface area contributed by atoms with Crippen molar-refractivity contribution in [2.45, 2.75) is 38.0 Å². The number of likely N-dealkylation sites (N-methyl/N-ethyl adjacent to an activating group) is 1. The Kier molecular flexibility index (Phi) is 4.00. The molecule has 0 saturated carbocycles. The van der Waals surface area contributed by atoms with Gasteiger partial charge >= 0.3 is 0 Å². The number of ether oxygens (including phenoxy) is 1. The summed E-state index contributed by atoms with van der Waals surface area (Å²) >= 11 is 0. The van der Waals surface area contributed by atoms with Crippen molar-refractivity contribution < 1.29 is 4.74 Å². The molecule has 2 unspecified atom stereocenters.